The van der Waals surface area contributed by atoms with Gasteiger partial charge < -0.3 is 15.0 Å². The van der Waals surface area contributed by atoms with Crippen LogP contribution < -0.4 is 10.1 Å². The fourth-order valence-corrected chi connectivity index (χ4v) is 3.90. The minimum absolute atomic E-state index is 0.489. The summed E-state index contributed by atoms with van der Waals surface area (Å²) < 4.78 is 5.39. The van der Waals surface area contributed by atoms with Gasteiger partial charge in [-0.1, -0.05) is 72.8 Å². The molecule has 5 rings (SSSR count). The summed E-state index contributed by atoms with van der Waals surface area (Å²) in [5.74, 6) is 1.29. The summed E-state index contributed by atoms with van der Waals surface area (Å²) in [4.78, 5) is 16.5. The van der Waals surface area contributed by atoms with Crippen LogP contribution in [0.25, 0.3) is 11.2 Å². The number of ether oxygens (including phenoxy) is 1. The Morgan fingerprint density at radius 2 is 1.39 bits per heavy atom. The number of aromatic nitrogens is 4. The first-order valence-corrected chi connectivity index (χ1v) is 9.99. The maximum atomic E-state index is 5.39. The summed E-state index contributed by atoms with van der Waals surface area (Å²) in [6.07, 6.45) is 3.36. The van der Waals surface area contributed by atoms with Crippen LogP contribution in [-0.4, -0.2) is 27.0 Å². The van der Waals surface area contributed by atoms with Crippen LogP contribution in [0.2, 0.25) is 0 Å². The molecule has 3 aromatic carbocycles. The van der Waals surface area contributed by atoms with E-state index in [1.54, 1.807) is 19.6 Å². The molecule has 2 aromatic heterocycles. The highest BCUT2D eigenvalue weighted by Gasteiger charge is 2.37. The van der Waals surface area contributed by atoms with Crippen LogP contribution in [0.5, 0.6) is 5.75 Å². The predicted octanol–water partition coefficient (Wildman–Crippen LogP) is 4.77. The number of hydrogen-bond donors (Lipinski definition) is 2. The number of hydrogen-bond acceptors (Lipinski definition) is 5. The van der Waals surface area contributed by atoms with Crippen molar-refractivity contribution >= 4 is 17.1 Å². The molecular weight excluding hydrogens is 386 g/mol. The van der Waals surface area contributed by atoms with Gasteiger partial charge in [0.2, 0.25) is 5.95 Å². The van der Waals surface area contributed by atoms with E-state index in [9.17, 15) is 0 Å². The van der Waals surface area contributed by atoms with E-state index in [4.69, 9.17) is 4.74 Å². The van der Waals surface area contributed by atoms with Gasteiger partial charge in [0.15, 0.2) is 5.65 Å². The zero-order valence-electron chi connectivity index (χ0n) is 17.0. The molecule has 5 aromatic rings. The maximum absolute atomic E-state index is 5.39. The van der Waals surface area contributed by atoms with Crippen LogP contribution >= 0.6 is 0 Å². The Bertz CT molecular complexity index is 1240. The van der Waals surface area contributed by atoms with Crippen molar-refractivity contribution in [2.24, 2.45) is 0 Å². The molecule has 0 aliphatic heterocycles. The molecule has 152 valence electrons. The van der Waals surface area contributed by atoms with Gasteiger partial charge in [-0.2, -0.15) is 4.98 Å². The third kappa shape index (κ3) is 3.38. The molecule has 0 fully saturated rings. The highest BCUT2D eigenvalue weighted by molar-refractivity contribution is 5.70. The Hall–Kier alpha value is -4.19. The third-order valence-corrected chi connectivity index (χ3v) is 5.41. The standard InChI is InChI=1S/C25H21N5O/c1-31-21-14-12-20(13-15-21)25(18-8-4-2-5-9-18,19-10-6-3-7-11-19)30-24-26-16-22-23(29-24)28-17-27-22/h2-17H,1H3,(H2,26,27,28,29,30). The number of aromatic amines is 1. The minimum atomic E-state index is -0.723. The molecule has 0 atom stereocenters. The molecule has 0 aliphatic rings. The molecule has 31 heavy (non-hydrogen) atoms. The Morgan fingerprint density at radius 1 is 0.774 bits per heavy atom. The smallest absolute Gasteiger partial charge is 0.226 e. The van der Waals surface area contributed by atoms with Crippen LogP contribution in [0, 0.1) is 0 Å². The molecule has 0 unspecified atom stereocenters. The lowest BCUT2D eigenvalue weighted by atomic mass is 9.77. The second kappa shape index (κ2) is 7.91. The average molecular weight is 407 g/mol. The second-order valence-electron chi connectivity index (χ2n) is 7.17. The quantitative estimate of drug-likeness (QED) is 0.397. The molecule has 6 nitrogen and oxygen atoms in total. The molecule has 2 heterocycles. The van der Waals surface area contributed by atoms with Crippen molar-refractivity contribution in [3.8, 4) is 5.75 Å². The van der Waals surface area contributed by atoms with Crippen LogP contribution in [-0.2, 0) is 5.54 Å². The van der Waals surface area contributed by atoms with Crippen molar-refractivity contribution < 1.29 is 4.74 Å². The summed E-state index contributed by atoms with van der Waals surface area (Å²) >= 11 is 0. The van der Waals surface area contributed by atoms with Crippen molar-refractivity contribution in [3.63, 3.8) is 0 Å². The van der Waals surface area contributed by atoms with Gasteiger partial charge in [0.25, 0.3) is 0 Å². The van der Waals surface area contributed by atoms with E-state index in [0.29, 0.717) is 11.6 Å². The Labute approximate surface area is 180 Å². The first-order valence-electron chi connectivity index (χ1n) is 9.99. The predicted molar refractivity (Wildman–Crippen MR) is 121 cm³/mol. The van der Waals surface area contributed by atoms with Crippen LogP contribution in [0.15, 0.2) is 97.5 Å². The zero-order chi connectivity index (χ0) is 21.1. The van der Waals surface area contributed by atoms with Crippen molar-refractivity contribution in [2.75, 3.05) is 12.4 Å². The summed E-state index contributed by atoms with van der Waals surface area (Å²) in [6.45, 7) is 0. The highest BCUT2D eigenvalue weighted by atomic mass is 16.5. The number of nitrogens with one attached hydrogen (secondary N) is 2. The summed E-state index contributed by atoms with van der Waals surface area (Å²) in [6, 6.07) is 28.7. The van der Waals surface area contributed by atoms with Gasteiger partial charge in [0.1, 0.15) is 16.8 Å². The normalized spacial score (nSPS) is 11.4. The zero-order valence-corrected chi connectivity index (χ0v) is 17.0. The monoisotopic (exact) mass is 407 g/mol. The van der Waals surface area contributed by atoms with Crippen molar-refractivity contribution in [1.29, 1.82) is 0 Å². The Kier molecular flexibility index (Phi) is 4.80. The highest BCUT2D eigenvalue weighted by Crippen LogP contribution is 2.40. The minimum Gasteiger partial charge on any atom is -0.497 e. The summed E-state index contributed by atoms with van der Waals surface area (Å²) in [5, 5.41) is 3.64. The van der Waals surface area contributed by atoms with Crippen molar-refractivity contribution in [2.45, 2.75) is 5.54 Å². The molecule has 0 amide bonds. The largest absolute Gasteiger partial charge is 0.497 e. The van der Waals surface area contributed by atoms with Gasteiger partial charge in [0, 0.05) is 0 Å². The lowest BCUT2D eigenvalue weighted by Gasteiger charge is -2.37. The molecular formula is C25H21N5O. The fraction of sp³-hybridized carbons (Fsp3) is 0.0800. The molecule has 6 heteroatoms. The molecule has 0 saturated heterocycles. The van der Waals surface area contributed by atoms with Crippen LogP contribution in [0.4, 0.5) is 5.95 Å². The summed E-state index contributed by atoms with van der Waals surface area (Å²) in [7, 11) is 1.67. The number of methoxy groups -OCH3 is 1. The Balaban J connectivity index is 1.76. The average Bonchev–Trinajstić information content (AvgIpc) is 3.32. The van der Waals surface area contributed by atoms with E-state index >= 15 is 0 Å². The SMILES string of the molecule is COc1ccc(C(Nc2ncc3[nH]cnc3n2)(c2ccccc2)c2ccccc2)cc1. The van der Waals surface area contributed by atoms with E-state index in [1.807, 2.05) is 48.5 Å². The maximum Gasteiger partial charge on any atom is 0.226 e. The van der Waals surface area contributed by atoms with Crippen LogP contribution in [0.1, 0.15) is 16.7 Å². The number of nitrogens with zero attached hydrogens (tertiary/aromatic N) is 3. The lowest BCUT2D eigenvalue weighted by Crippen LogP contribution is -2.38. The number of imidazole rings is 1. The van der Waals surface area contributed by atoms with Gasteiger partial charge in [-0.3, -0.25) is 0 Å². The molecule has 0 bridgehead atoms. The molecule has 0 radical (unpaired) electrons. The number of fused-ring (bicyclic) bond motifs is 1. The number of benzene rings is 3. The van der Waals surface area contributed by atoms with E-state index in [1.165, 1.54) is 0 Å². The number of anilines is 1. The van der Waals surface area contributed by atoms with Crippen molar-refractivity contribution in [1.82, 2.24) is 19.9 Å². The Morgan fingerprint density at radius 3 is 2.00 bits per heavy atom. The van der Waals surface area contributed by atoms with Gasteiger partial charge in [0.05, 0.1) is 19.6 Å². The molecule has 0 saturated carbocycles. The van der Waals surface area contributed by atoms with E-state index in [2.05, 4.69) is 61.7 Å². The number of H-pyrrole nitrogens is 1. The van der Waals surface area contributed by atoms with E-state index in [-0.39, 0.29) is 0 Å². The first kappa shape index (κ1) is 18.8. The molecule has 0 aliphatic carbocycles. The molecule has 0 spiro atoms. The van der Waals surface area contributed by atoms with E-state index in [0.717, 1.165) is 28.0 Å². The molecule has 2 N–H and O–H groups in total. The number of rotatable bonds is 6. The van der Waals surface area contributed by atoms with E-state index < -0.39 is 5.54 Å². The fourth-order valence-electron chi connectivity index (χ4n) is 3.90. The van der Waals surface area contributed by atoms with Gasteiger partial charge in [-0.05, 0) is 28.8 Å². The van der Waals surface area contributed by atoms with Gasteiger partial charge >= 0.3 is 0 Å². The lowest BCUT2D eigenvalue weighted by molar-refractivity contribution is 0.414. The van der Waals surface area contributed by atoms with Gasteiger partial charge in [-0.25, -0.2) is 9.97 Å². The first-order chi connectivity index (χ1) is 15.3. The topological polar surface area (TPSA) is 75.7 Å². The van der Waals surface area contributed by atoms with Crippen LogP contribution in [0.3, 0.4) is 0 Å². The van der Waals surface area contributed by atoms with Gasteiger partial charge in [-0.15, -0.1) is 0 Å². The second-order valence-corrected chi connectivity index (χ2v) is 7.17. The van der Waals surface area contributed by atoms with Crippen molar-refractivity contribution in [3.05, 3.63) is 114 Å². The third-order valence-electron chi connectivity index (χ3n) is 5.41. The summed E-state index contributed by atoms with van der Waals surface area (Å²) in [5.41, 5.74) is 3.85.